The van der Waals surface area contributed by atoms with E-state index in [0.717, 1.165) is 23.4 Å². The van der Waals surface area contributed by atoms with Gasteiger partial charge in [-0.05, 0) is 43.0 Å². The lowest BCUT2D eigenvalue weighted by Gasteiger charge is -2.57. The summed E-state index contributed by atoms with van der Waals surface area (Å²) in [7, 11) is 0. The molecule has 1 aromatic rings. The molecule has 1 fully saturated rings. The number of carbonyl (C=O) groups is 1. The van der Waals surface area contributed by atoms with E-state index in [1.165, 1.54) is 5.56 Å². The zero-order valence-corrected chi connectivity index (χ0v) is 14.7. The van der Waals surface area contributed by atoms with Crippen molar-refractivity contribution in [2.75, 3.05) is 6.61 Å². The number of ether oxygens (including phenoxy) is 1. The van der Waals surface area contributed by atoms with E-state index < -0.39 is 5.54 Å². The van der Waals surface area contributed by atoms with Crippen molar-refractivity contribution < 1.29 is 9.53 Å². The van der Waals surface area contributed by atoms with Gasteiger partial charge in [-0.15, -0.1) is 0 Å². The van der Waals surface area contributed by atoms with Crippen molar-refractivity contribution in [1.82, 2.24) is 5.32 Å². The van der Waals surface area contributed by atoms with Gasteiger partial charge in [0.25, 0.3) is 0 Å². The Morgan fingerprint density at radius 3 is 2.87 bits per heavy atom. The lowest BCUT2D eigenvalue weighted by atomic mass is 9.54. The Morgan fingerprint density at radius 1 is 1.48 bits per heavy atom. The highest BCUT2D eigenvalue weighted by molar-refractivity contribution is 6.30. The lowest BCUT2D eigenvalue weighted by molar-refractivity contribution is -0.171. The smallest absolute Gasteiger partial charge is 0.241 e. The van der Waals surface area contributed by atoms with Gasteiger partial charge in [0.1, 0.15) is 5.54 Å². The Labute approximate surface area is 142 Å². The van der Waals surface area contributed by atoms with Gasteiger partial charge in [-0.2, -0.15) is 0 Å². The van der Waals surface area contributed by atoms with Crippen molar-refractivity contribution >= 4 is 17.5 Å². The SMILES string of the molecule is CCOC1CC(N)(C(=O)NC2CCc3cc(Cl)ccc32)C1(C)C. The van der Waals surface area contributed by atoms with Crippen LogP contribution in [0, 0.1) is 5.41 Å². The largest absolute Gasteiger partial charge is 0.378 e. The first-order chi connectivity index (χ1) is 10.8. The number of rotatable bonds is 4. The average Bonchev–Trinajstić information content (AvgIpc) is 2.88. The van der Waals surface area contributed by atoms with Crippen molar-refractivity contribution in [3.8, 4) is 0 Å². The predicted molar refractivity (Wildman–Crippen MR) is 91.4 cm³/mol. The minimum Gasteiger partial charge on any atom is -0.378 e. The van der Waals surface area contributed by atoms with Gasteiger partial charge in [-0.3, -0.25) is 4.79 Å². The van der Waals surface area contributed by atoms with Crippen molar-refractivity contribution in [2.45, 2.75) is 57.7 Å². The zero-order chi connectivity index (χ0) is 16.8. The molecule has 3 N–H and O–H groups in total. The second-order valence-electron chi connectivity index (χ2n) is 7.25. The van der Waals surface area contributed by atoms with Gasteiger partial charge in [0, 0.05) is 23.5 Å². The molecule has 2 aliphatic carbocycles. The molecule has 3 unspecified atom stereocenters. The predicted octanol–water partition coefficient (Wildman–Crippen LogP) is 2.98. The molecule has 2 aliphatic rings. The monoisotopic (exact) mass is 336 g/mol. The summed E-state index contributed by atoms with van der Waals surface area (Å²) >= 11 is 6.04. The molecule has 0 heterocycles. The van der Waals surface area contributed by atoms with Gasteiger partial charge < -0.3 is 15.8 Å². The summed E-state index contributed by atoms with van der Waals surface area (Å²) < 4.78 is 5.70. The van der Waals surface area contributed by atoms with Crippen molar-refractivity contribution in [3.05, 3.63) is 34.3 Å². The van der Waals surface area contributed by atoms with Crippen LogP contribution in [-0.4, -0.2) is 24.2 Å². The molecule has 126 valence electrons. The number of hydrogen-bond acceptors (Lipinski definition) is 3. The molecule has 3 atom stereocenters. The number of nitrogens with two attached hydrogens (primary N) is 1. The fourth-order valence-electron chi connectivity index (χ4n) is 3.84. The fourth-order valence-corrected chi connectivity index (χ4v) is 4.04. The highest BCUT2D eigenvalue weighted by Crippen LogP contribution is 2.50. The van der Waals surface area contributed by atoms with Gasteiger partial charge in [-0.1, -0.05) is 31.5 Å². The molecule has 0 aromatic heterocycles. The van der Waals surface area contributed by atoms with E-state index in [-0.39, 0.29) is 23.5 Å². The number of carbonyl (C=O) groups excluding carboxylic acids is 1. The molecule has 1 saturated carbocycles. The summed E-state index contributed by atoms with van der Waals surface area (Å²) in [6.45, 7) is 6.63. The lowest BCUT2D eigenvalue weighted by Crippen LogP contribution is -2.75. The molecule has 5 heteroatoms. The third-order valence-corrected chi connectivity index (χ3v) is 5.96. The minimum absolute atomic E-state index is 0.0251. The first kappa shape index (κ1) is 16.7. The fraction of sp³-hybridized carbons (Fsp3) is 0.611. The van der Waals surface area contributed by atoms with Crippen molar-refractivity contribution in [1.29, 1.82) is 0 Å². The molecule has 0 aliphatic heterocycles. The van der Waals surface area contributed by atoms with Crippen LogP contribution in [0.3, 0.4) is 0 Å². The number of hydrogen-bond donors (Lipinski definition) is 2. The van der Waals surface area contributed by atoms with E-state index in [0.29, 0.717) is 13.0 Å². The summed E-state index contributed by atoms with van der Waals surface area (Å²) in [5.41, 5.74) is 7.59. The van der Waals surface area contributed by atoms with Gasteiger partial charge in [-0.25, -0.2) is 0 Å². The Hall–Kier alpha value is -1.10. The van der Waals surface area contributed by atoms with Gasteiger partial charge in [0.15, 0.2) is 0 Å². The van der Waals surface area contributed by atoms with Crippen LogP contribution in [0.2, 0.25) is 5.02 Å². The molecule has 0 radical (unpaired) electrons. The van der Waals surface area contributed by atoms with Crippen LogP contribution in [0.25, 0.3) is 0 Å². The Kier molecular flexibility index (Phi) is 4.20. The average molecular weight is 337 g/mol. The maximum atomic E-state index is 12.8. The quantitative estimate of drug-likeness (QED) is 0.888. The van der Waals surface area contributed by atoms with E-state index in [9.17, 15) is 4.79 Å². The Balaban J connectivity index is 1.72. The normalized spacial score (nSPS) is 31.3. The number of halogens is 1. The van der Waals surface area contributed by atoms with E-state index >= 15 is 0 Å². The molecule has 0 saturated heterocycles. The van der Waals surface area contributed by atoms with Gasteiger partial charge in [0.2, 0.25) is 5.91 Å². The molecular weight excluding hydrogens is 312 g/mol. The highest BCUT2D eigenvalue weighted by atomic mass is 35.5. The van der Waals surface area contributed by atoms with Gasteiger partial charge in [0.05, 0.1) is 12.1 Å². The summed E-state index contributed by atoms with van der Waals surface area (Å²) in [5.74, 6) is -0.0775. The van der Waals surface area contributed by atoms with Gasteiger partial charge >= 0.3 is 0 Å². The Bertz CT molecular complexity index is 631. The molecule has 4 nitrogen and oxygen atoms in total. The van der Waals surface area contributed by atoms with Crippen LogP contribution in [0.15, 0.2) is 18.2 Å². The number of amides is 1. The first-order valence-corrected chi connectivity index (χ1v) is 8.67. The van der Waals surface area contributed by atoms with Crippen LogP contribution >= 0.6 is 11.6 Å². The molecule has 3 rings (SSSR count). The van der Waals surface area contributed by atoms with E-state index in [1.807, 2.05) is 39.0 Å². The molecule has 1 aromatic carbocycles. The maximum Gasteiger partial charge on any atom is 0.241 e. The minimum atomic E-state index is -0.873. The molecule has 1 amide bonds. The van der Waals surface area contributed by atoms with Crippen LogP contribution < -0.4 is 11.1 Å². The number of aryl methyl sites for hydroxylation is 1. The second kappa shape index (κ2) is 5.76. The van der Waals surface area contributed by atoms with Crippen molar-refractivity contribution in [2.24, 2.45) is 11.1 Å². The summed E-state index contributed by atoms with van der Waals surface area (Å²) in [6, 6.07) is 5.90. The standard InChI is InChI=1S/C18H25ClN2O2/c1-4-23-15-10-18(20,17(15,2)3)16(22)21-14-8-5-11-9-12(19)6-7-13(11)14/h6-7,9,14-15H,4-5,8,10,20H2,1-3H3,(H,21,22). The third kappa shape index (κ3) is 2.57. The zero-order valence-electron chi connectivity index (χ0n) is 14.0. The highest BCUT2D eigenvalue weighted by Gasteiger charge is 2.63. The summed E-state index contributed by atoms with van der Waals surface area (Å²) in [4.78, 5) is 12.8. The first-order valence-electron chi connectivity index (χ1n) is 8.29. The van der Waals surface area contributed by atoms with Crippen LogP contribution in [-0.2, 0) is 16.0 Å². The third-order valence-electron chi connectivity index (χ3n) is 5.72. The van der Waals surface area contributed by atoms with E-state index in [2.05, 4.69) is 5.32 Å². The van der Waals surface area contributed by atoms with Crippen LogP contribution in [0.5, 0.6) is 0 Å². The molecule has 0 spiro atoms. The van der Waals surface area contributed by atoms with Crippen LogP contribution in [0.4, 0.5) is 0 Å². The number of benzene rings is 1. The van der Waals surface area contributed by atoms with E-state index in [1.54, 1.807) is 0 Å². The molecule has 23 heavy (non-hydrogen) atoms. The molecular formula is C18H25ClN2O2. The van der Waals surface area contributed by atoms with Crippen LogP contribution in [0.1, 0.15) is 50.8 Å². The maximum absolute atomic E-state index is 12.8. The van der Waals surface area contributed by atoms with Crippen molar-refractivity contribution in [3.63, 3.8) is 0 Å². The topological polar surface area (TPSA) is 64.3 Å². The summed E-state index contributed by atoms with van der Waals surface area (Å²) in [6.07, 6.45) is 2.44. The number of nitrogens with one attached hydrogen (secondary N) is 1. The number of fused-ring (bicyclic) bond motifs is 1. The Morgan fingerprint density at radius 2 is 2.22 bits per heavy atom. The summed E-state index contributed by atoms with van der Waals surface area (Å²) in [5, 5.41) is 3.89. The second-order valence-corrected chi connectivity index (χ2v) is 7.69. The molecule has 0 bridgehead atoms. The van der Waals surface area contributed by atoms with E-state index in [4.69, 9.17) is 22.1 Å².